The zero-order chi connectivity index (χ0) is 16.4. The van der Waals surface area contributed by atoms with Crippen molar-refractivity contribution in [1.29, 1.82) is 0 Å². The lowest BCUT2D eigenvalue weighted by Crippen LogP contribution is -2.37. The smallest absolute Gasteiger partial charge is 0.118 e. The maximum atomic E-state index is 6.18. The number of hydrogen-bond acceptors (Lipinski definition) is 5. The van der Waals surface area contributed by atoms with E-state index in [9.17, 15) is 0 Å². The lowest BCUT2D eigenvalue weighted by molar-refractivity contribution is 0.0451. The monoisotopic (exact) mass is 334 g/mol. The summed E-state index contributed by atoms with van der Waals surface area (Å²) in [6.07, 6.45) is 2.82. The molecule has 3 aliphatic rings. The molecule has 5 heteroatoms. The van der Waals surface area contributed by atoms with Crippen molar-refractivity contribution in [2.24, 2.45) is 11.8 Å². The van der Waals surface area contributed by atoms with E-state index >= 15 is 0 Å². The van der Waals surface area contributed by atoms with Gasteiger partial charge in [-0.1, -0.05) is 0 Å². The molecule has 1 aromatic heterocycles. The number of nitrogens with zero attached hydrogens (tertiary/aromatic N) is 2. The van der Waals surface area contributed by atoms with E-state index in [0.29, 0.717) is 12.0 Å². The average Bonchev–Trinajstić information content (AvgIpc) is 3.10. The van der Waals surface area contributed by atoms with E-state index in [0.717, 1.165) is 63.4 Å². The van der Waals surface area contributed by atoms with Crippen LogP contribution in [0.4, 0.5) is 0 Å². The van der Waals surface area contributed by atoms with Crippen LogP contribution in [0.3, 0.4) is 0 Å². The fourth-order valence-corrected chi connectivity index (χ4v) is 4.43. The molecule has 0 N–H and O–H groups in total. The number of aryl methyl sites for hydroxylation is 1. The Kier molecular flexibility index (Phi) is 5.22. The molecule has 0 saturated carbocycles. The van der Waals surface area contributed by atoms with E-state index in [1.165, 1.54) is 25.9 Å². The summed E-state index contributed by atoms with van der Waals surface area (Å²) < 4.78 is 17.4. The second-order valence-corrected chi connectivity index (χ2v) is 7.69. The number of fused-ring (bicyclic) bond motifs is 1. The van der Waals surface area contributed by atoms with Gasteiger partial charge in [-0.15, -0.1) is 0 Å². The van der Waals surface area contributed by atoms with Crippen molar-refractivity contribution < 1.29 is 13.9 Å². The molecular weight excluding hydrogens is 304 g/mol. The molecule has 0 aromatic carbocycles. The number of rotatable bonds is 4. The summed E-state index contributed by atoms with van der Waals surface area (Å²) in [5.41, 5.74) is 0. The van der Waals surface area contributed by atoms with Gasteiger partial charge in [-0.25, -0.2) is 0 Å². The van der Waals surface area contributed by atoms with Crippen LogP contribution in [0, 0.1) is 18.8 Å². The van der Waals surface area contributed by atoms with Gasteiger partial charge in [-0.2, -0.15) is 0 Å². The Labute approximate surface area is 144 Å². The van der Waals surface area contributed by atoms with Crippen LogP contribution in [0.1, 0.15) is 24.4 Å². The Hall–Kier alpha value is -0.880. The van der Waals surface area contributed by atoms with Crippen LogP contribution < -0.4 is 0 Å². The molecule has 134 valence electrons. The lowest BCUT2D eigenvalue weighted by atomic mass is 9.98. The zero-order valence-corrected chi connectivity index (χ0v) is 14.8. The van der Waals surface area contributed by atoms with Crippen molar-refractivity contribution in [3.05, 3.63) is 23.7 Å². The van der Waals surface area contributed by atoms with Crippen molar-refractivity contribution in [3.63, 3.8) is 0 Å². The normalized spacial score (nSPS) is 30.4. The first-order valence-corrected chi connectivity index (χ1v) is 9.45. The van der Waals surface area contributed by atoms with Gasteiger partial charge in [-0.05, 0) is 37.8 Å². The molecule has 4 heterocycles. The van der Waals surface area contributed by atoms with Crippen LogP contribution in [0.5, 0.6) is 0 Å². The SMILES string of the molecule is Cc1ccc(CN2C[C@@H]3CN(CC4CCOCC4)CCO[C@@H]3C2)o1. The van der Waals surface area contributed by atoms with E-state index in [2.05, 4.69) is 21.9 Å². The van der Waals surface area contributed by atoms with Gasteiger partial charge in [0, 0.05) is 51.9 Å². The van der Waals surface area contributed by atoms with Crippen LogP contribution in [0.2, 0.25) is 0 Å². The van der Waals surface area contributed by atoms with E-state index in [1.54, 1.807) is 0 Å². The molecule has 3 saturated heterocycles. The highest BCUT2D eigenvalue weighted by atomic mass is 16.5. The Morgan fingerprint density at radius 3 is 2.67 bits per heavy atom. The van der Waals surface area contributed by atoms with E-state index in [4.69, 9.17) is 13.9 Å². The molecule has 1 aromatic rings. The van der Waals surface area contributed by atoms with Crippen molar-refractivity contribution in [2.75, 3.05) is 52.5 Å². The molecule has 5 nitrogen and oxygen atoms in total. The van der Waals surface area contributed by atoms with Gasteiger partial charge < -0.3 is 18.8 Å². The minimum absolute atomic E-state index is 0.390. The van der Waals surface area contributed by atoms with Gasteiger partial charge in [0.2, 0.25) is 0 Å². The molecule has 0 bridgehead atoms. The molecule has 3 fully saturated rings. The predicted molar refractivity (Wildman–Crippen MR) is 91.9 cm³/mol. The molecule has 3 aliphatic heterocycles. The fraction of sp³-hybridized carbons (Fsp3) is 0.789. The summed E-state index contributed by atoms with van der Waals surface area (Å²) >= 11 is 0. The molecule has 24 heavy (non-hydrogen) atoms. The summed E-state index contributed by atoms with van der Waals surface area (Å²) in [6, 6.07) is 4.15. The fourth-order valence-electron chi connectivity index (χ4n) is 4.43. The van der Waals surface area contributed by atoms with Gasteiger partial charge in [0.05, 0.1) is 19.3 Å². The topological polar surface area (TPSA) is 38.1 Å². The van der Waals surface area contributed by atoms with E-state index < -0.39 is 0 Å². The highest BCUT2D eigenvalue weighted by Gasteiger charge is 2.37. The van der Waals surface area contributed by atoms with Gasteiger partial charge >= 0.3 is 0 Å². The van der Waals surface area contributed by atoms with Gasteiger partial charge in [-0.3, -0.25) is 4.90 Å². The van der Waals surface area contributed by atoms with Gasteiger partial charge in [0.1, 0.15) is 11.5 Å². The summed E-state index contributed by atoms with van der Waals surface area (Å²) in [4.78, 5) is 5.13. The van der Waals surface area contributed by atoms with Crippen LogP contribution in [-0.4, -0.2) is 68.4 Å². The number of furan rings is 1. The minimum atomic E-state index is 0.390. The summed E-state index contributed by atoms with van der Waals surface area (Å²) in [6.45, 7) is 11.3. The van der Waals surface area contributed by atoms with Crippen LogP contribution in [0.25, 0.3) is 0 Å². The predicted octanol–water partition coefficient (Wildman–Crippen LogP) is 2.15. The summed E-state index contributed by atoms with van der Waals surface area (Å²) in [7, 11) is 0. The van der Waals surface area contributed by atoms with Crippen molar-refractivity contribution in [3.8, 4) is 0 Å². The minimum Gasteiger partial charge on any atom is -0.465 e. The van der Waals surface area contributed by atoms with Crippen LogP contribution in [0.15, 0.2) is 16.5 Å². The first kappa shape index (κ1) is 16.6. The highest BCUT2D eigenvalue weighted by Crippen LogP contribution is 2.26. The Balaban J connectivity index is 1.31. The van der Waals surface area contributed by atoms with Gasteiger partial charge in [0.15, 0.2) is 0 Å². The molecule has 4 rings (SSSR count). The molecule has 0 spiro atoms. The summed E-state index contributed by atoms with van der Waals surface area (Å²) in [5, 5.41) is 0. The third-order valence-electron chi connectivity index (χ3n) is 5.72. The molecule has 0 aliphatic carbocycles. The summed E-state index contributed by atoms with van der Waals surface area (Å²) in [5.74, 6) is 3.50. The standard InChI is InChI=1S/C19H30N2O3/c1-15-2-3-18(24-15)13-21-12-17-11-20(6-9-23-19(17)14-21)10-16-4-7-22-8-5-16/h2-3,16-17,19H,4-14H2,1H3/t17-,19+/m0/s1. The van der Waals surface area contributed by atoms with E-state index in [1.807, 2.05) is 6.92 Å². The lowest BCUT2D eigenvalue weighted by Gasteiger charge is -2.30. The Morgan fingerprint density at radius 2 is 1.88 bits per heavy atom. The third-order valence-corrected chi connectivity index (χ3v) is 5.72. The Bertz CT molecular complexity index is 526. The van der Waals surface area contributed by atoms with Crippen molar-refractivity contribution in [1.82, 2.24) is 9.80 Å². The molecule has 2 atom stereocenters. The number of hydrogen-bond donors (Lipinski definition) is 0. The third kappa shape index (κ3) is 4.02. The maximum Gasteiger partial charge on any atom is 0.118 e. The first-order chi connectivity index (χ1) is 11.8. The van der Waals surface area contributed by atoms with Crippen molar-refractivity contribution >= 4 is 0 Å². The molecule has 0 amide bonds. The second kappa shape index (κ2) is 7.56. The van der Waals surface area contributed by atoms with Crippen molar-refractivity contribution in [2.45, 2.75) is 32.4 Å². The molecule has 0 unspecified atom stereocenters. The molecule has 0 radical (unpaired) electrons. The largest absolute Gasteiger partial charge is 0.465 e. The van der Waals surface area contributed by atoms with Gasteiger partial charge in [0.25, 0.3) is 0 Å². The second-order valence-electron chi connectivity index (χ2n) is 7.69. The first-order valence-electron chi connectivity index (χ1n) is 9.45. The number of likely N-dealkylation sites (tertiary alicyclic amines) is 1. The maximum absolute atomic E-state index is 6.18. The quantitative estimate of drug-likeness (QED) is 0.843. The zero-order valence-electron chi connectivity index (χ0n) is 14.8. The highest BCUT2D eigenvalue weighted by molar-refractivity contribution is 5.06. The average molecular weight is 334 g/mol. The van der Waals surface area contributed by atoms with Crippen LogP contribution >= 0.6 is 0 Å². The van der Waals surface area contributed by atoms with E-state index in [-0.39, 0.29) is 0 Å². The molecular formula is C19H30N2O3. The van der Waals surface area contributed by atoms with Crippen LogP contribution in [-0.2, 0) is 16.0 Å². The Morgan fingerprint density at radius 1 is 1.04 bits per heavy atom. The number of ether oxygens (including phenoxy) is 2.